The predicted octanol–water partition coefficient (Wildman–Crippen LogP) is 10.5. The van der Waals surface area contributed by atoms with Crippen LogP contribution in [-0.4, -0.2) is 5.98 Å². The molecule has 0 aromatic carbocycles. The van der Waals surface area contributed by atoms with Crippen molar-refractivity contribution in [1.29, 1.82) is 0 Å². The molecule has 0 N–H and O–H groups in total. The third-order valence-electron chi connectivity index (χ3n) is 9.11. The molecule has 32 heavy (non-hydrogen) atoms. The Hall–Kier alpha value is 0.627. The number of halogens is 2. The van der Waals surface area contributed by atoms with E-state index in [4.69, 9.17) is 17.2 Å². The van der Waals surface area contributed by atoms with Crippen molar-refractivity contribution in [1.82, 2.24) is 0 Å². The van der Waals surface area contributed by atoms with E-state index >= 15 is 0 Å². The van der Waals surface area contributed by atoms with Crippen molar-refractivity contribution in [2.75, 3.05) is 0 Å². The first-order valence-corrected chi connectivity index (χ1v) is 35.9. The molecule has 0 aromatic rings. The fourth-order valence-corrected chi connectivity index (χ4v) is 53.8. The van der Waals surface area contributed by atoms with Crippen LogP contribution in [0.25, 0.3) is 0 Å². The molecule has 0 spiro atoms. The van der Waals surface area contributed by atoms with Crippen molar-refractivity contribution < 1.29 is 15.3 Å². The van der Waals surface area contributed by atoms with E-state index in [2.05, 4.69) is 39.1 Å². The number of allylic oxidation sites excluding steroid dienone is 8. The van der Waals surface area contributed by atoms with Crippen LogP contribution in [0.15, 0.2) is 45.6 Å². The Bertz CT molecular complexity index is 797. The average molecular weight is 659 g/mol. The van der Waals surface area contributed by atoms with Gasteiger partial charge in [-0.3, -0.25) is 0 Å². The molecule has 0 radical (unpaired) electrons. The van der Waals surface area contributed by atoms with Crippen LogP contribution < -0.4 is 0 Å². The summed E-state index contributed by atoms with van der Waals surface area (Å²) in [7, 11) is 16.9. The minimum absolute atomic E-state index is 0.452. The molecule has 0 bridgehead atoms. The Morgan fingerprint density at radius 1 is 0.750 bits per heavy atom. The third-order valence-corrected chi connectivity index (χ3v) is 82.2. The Morgan fingerprint density at radius 2 is 1.16 bits per heavy atom. The van der Waals surface area contributed by atoms with Gasteiger partial charge in [0.1, 0.15) is 0 Å². The molecule has 4 aliphatic rings. The standard InChI is InChI=1S/2C13H19.C2H7Si.2ClH.Hf/c2*1-2-3-6-11-9-12-7-4-5-8-13(12)10-11;1-3-2;;;/h2*9-10H,2-8H2,1H3;3H,1-2H3;2*1H;/q;;;;;+2/p-2. The SMILES string of the molecule is CCCCC1=CC2=C(CCCC2)[CH]1[Hf]([Cl])([Cl])([CH]1C(CCCC)=CC2=C1CCCC2)[SiH](C)C. The van der Waals surface area contributed by atoms with Gasteiger partial charge in [-0.25, -0.2) is 0 Å². The zero-order valence-electron chi connectivity index (χ0n) is 21.0. The van der Waals surface area contributed by atoms with Crippen molar-refractivity contribution in [2.45, 2.75) is 124 Å². The van der Waals surface area contributed by atoms with Crippen molar-refractivity contribution in [2.24, 2.45) is 0 Å². The molecule has 4 aliphatic carbocycles. The van der Waals surface area contributed by atoms with Crippen LogP contribution in [0.2, 0.25) is 20.4 Å². The van der Waals surface area contributed by atoms with Gasteiger partial charge in [-0.1, -0.05) is 0 Å². The average Bonchev–Trinajstić information content (AvgIpc) is 3.35. The van der Waals surface area contributed by atoms with Crippen LogP contribution in [0.5, 0.6) is 0 Å². The molecule has 0 amide bonds. The molecule has 2 unspecified atom stereocenters. The van der Waals surface area contributed by atoms with E-state index in [-0.39, 0.29) is 0 Å². The molecular weight excluding hydrogens is 614 g/mol. The topological polar surface area (TPSA) is 0 Å². The molecule has 2 atom stereocenters. The van der Waals surface area contributed by atoms with Crippen molar-refractivity contribution in [3.05, 3.63) is 45.6 Å². The normalized spacial score (nSPS) is 27.3. The van der Waals surface area contributed by atoms with Gasteiger partial charge in [0.2, 0.25) is 0 Å². The summed E-state index contributed by atoms with van der Waals surface area (Å²) in [6, 6.07) is 0. The van der Waals surface area contributed by atoms with Gasteiger partial charge in [-0.2, -0.15) is 0 Å². The summed E-state index contributed by atoms with van der Waals surface area (Å²) in [5, 5.41) is 0. The molecule has 0 saturated carbocycles. The molecule has 0 nitrogen and oxygen atoms in total. The molecule has 0 saturated heterocycles. The summed E-state index contributed by atoms with van der Waals surface area (Å²) in [5.41, 5.74) is 10.1. The Kier molecular flexibility index (Phi) is 8.29. The van der Waals surface area contributed by atoms with Gasteiger partial charge in [-0.15, -0.1) is 0 Å². The summed E-state index contributed by atoms with van der Waals surface area (Å²) in [5.74, 6) is -1.30. The van der Waals surface area contributed by atoms with E-state index in [0.717, 1.165) is 0 Å². The number of hydrogen-bond acceptors (Lipinski definition) is 0. The second kappa shape index (κ2) is 10.3. The monoisotopic (exact) mass is 659 g/mol. The first-order chi connectivity index (χ1) is 15.3. The third kappa shape index (κ3) is 4.35. The van der Waals surface area contributed by atoms with Gasteiger partial charge < -0.3 is 0 Å². The van der Waals surface area contributed by atoms with Gasteiger partial charge >= 0.3 is 208 Å². The van der Waals surface area contributed by atoms with Crippen molar-refractivity contribution in [3.63, 3.8) is 0 Å². The van der Waals surface area contributed by atoms with Gasteiger partial charge in [0.25, 0.3) is 0 Å². The van der Waals surface area contributed by atoms with Crippen LogP contribution in [0.3, 0.4) is 0 Å². The molecule has 0 fully saturated rings. The maximum atomic E-state index is 8.43. The Labute approximate surface area is 206 Å². The summed E-state index contributed by atoms with van der Waals surface area (Å²) < 4.78 is 0.903. The van der Waals surface area contributed by atoms with Crippen LogP contribution >= 0.6 is 17.2 Å². The fraction of sp³-hybridized carbons (Fsp3) is 0.714. The predicted molar refractivity (Wildman–Crippen MR) is 144 cm³/mol. The summed E-state index contributed by atoms with van der Waals surface area (Å²) in [4.78, 5) is 0. The molecule has 4 rings (SSSR count). The van der Waals surface area contributed by atoms with Crippen LogP contribution in [0.4, 0.5) is 0 Å². The van der Waals surface area contributed by atoms with E-state index in [1.54, 1.807) is 33.4 Å². The zero-order valence-corrected chi connectivity index (χ0v) is 27.3. The second-order valence-electron chi connectivity index (χ2n) is 11.4. The van der Waals surface area contributed by atoms with E-state index in [1.807, 2.05) is 0 Å². The second-order valence-corrected chi connectivity index (χ2v) is 70.7. The molecular formula is C28H45Cl2HfSi. The minimum atomic E-state index is -4.44. The number of rotatable bonds is 9. The van der Waals surface area contributed by atoms with Gasteiger partial charge in [0.15, 0.2) is 0 Å². The summed E-state index contributed by atoms with van der Waals surface area (Å²) in [6.45, 7) is 9.72. The van der Waals surface area contributed by atoms with E-state index < -0.39 is 21.3 Å². The van der Waals surface area contributed by atoms with Crippen LogP contribution in [0.1, 0.15) is 104 Å². The summed E-state index contributed by atoms with van der Waals surface area (Å²) in [6.07, 6.45) is 23.1. The number of unbranched alkanes of at least 4 members (excludes halogenated alkanes) is 2. The number of hydrogen-bond donors (Lipinski definition) is 0. The Balaban J connectivity index is 1.86. The van der Waals surface area contributed by atoms with Gasteiger partial charge in [0, 0.05) is 0 Å². The molecule has 0 aromatic heterocycles. The zero-order chi connectivity index (χ0) is 23.0. The fourth-order valence-electron chi connectivity index (χ4n) is 7.36. The van der Waals surface area contributed by atoms with E-state index in [1.165, 1.54) is 89.9 Å². The molecule has 4 heteroatoms. The molecule has 0 heterocycles. The van der Waals surface area contributed by atoms with Gasteiger partial charge in [-0.05, 0) is 0 Å². The summed E-state index contributed by atoms with van der Waals surface area (Å²) >= 11 is -4.44. The maximum absolute atomic E-state index is 8.43. The molecule has 179 valence electrons. The van der Waals surface area contributed by atoms with Crippen LogP contribution in [-0.2, 0) is 15.3 Å². The van der Waals surface area contributed by atoms with E-state index in [9.17, 15) is 0 Å². The van der Waals surface area contributed by atoms with E-state index in [0.29, 0.717) is 7.35 Å². The first kappa shape index (κ1) is 25.7. The Morgan fingerprint density at radius 3 is 1.53 bits per heavy atom. The van der Waals surface area contributed by atoms with Crippen LogP contribution in [0, 0.1) is 0 Å². The molecule has 0 aliphatic heterocycles. The first-order valence-electron chi connectivity index (χ1n) is 13.7. The van der Waals surface area contributed by atoms with Gasteiger partial charge in [0.05, 0.1) is 0 Å². The van der Waals surface area contributed by atoms with Crippen molar-refractivity contribution in [3.8, 4) is 0 Å². The van der Waals surface area contributed by atoms with Crippen molar-refractivity contribution >= 4 is 23.1 Å². The quantitative estimate of drug-likeness (QED) is 0.216.